The Kier molecular flexibility index (Phi) is 7.40. The van der Waals surface area contributed by atoms with E-state index in [9.17, 15) is 0 Å². The molecule has 0 radical (unpaired) electrons. The summed E-state index contributed by atoms with van der Waals surface area (Å²) in [5, 5.41) is 0. The predicted molar refractivity (Wildman–Crippen MR) is 84.3 cm³/mol. The third-order valence-corrected chi connectivity index (χ3v) is 5.12. The average Bonchev–Trinajstić information content (AvgIpc) is 2.48. The minimum atomic E-state index is 1.02. The quantitative estimate of drug-likeness (QED) is 0.483. The highest BCUT2D eigenvalue weighted by Gasteiger charge is 2.12. The fraction of sp³-hybridized carbons (Fsp3) is 0.842. The number of hydrogen-bond acceptors (Lipinski definition) is 0. The summed E-state index contributed by atoms with van der Waals surface area (Å²) in [7, 11) is 0. The minimum absolute atomic E-state index is 1.02. The lowest BCUT2D eigenvalue weighted by Crippen LogP contribution is -2.05. The summed E-state index contributed by atoms with van der Waals surface area (Å²) in [4.78, 5) is 0. The lowest BCUT2D eigenvalue weighted by atomic mass is 9.86. The maximum Gasteiger partial charge on any atom is -0.0272 e. The van der Waals surface area contributed by atoms with Crippen molar-refractivity contribution >= 4 is 0 Å². The molecule has 0 unspecified atom stereocenters. The smallest absolute Gasteiger partial charge is 0.0272 e. The van der Waals surface area contributed by atoms with E-state index in [1.54, 1.807) is 0 Å². The standard InChI is InChI=1S/C19H32/c1(2-6-12-18-14-8-4-9-15-18)3-7-13-19-16-10-5-11-17-19/h2-3,18-19H,4-17H2. The highest BCUT2D eigenvalue weighted by molar-refractivity contribution is 4.86. The van der Waals surface area contributed by atoms with E-state index in [1.807, 2.05) is 0 Å². The van der Waals surface area contributed by atoms with Crippen LogP contribution in [0.15, 0.2) is 17.9 Å². The minimum Gasteiger partial charge on any atom is -0.130 e. The Labute approximate surface area is 120 Å². The summed E-state index contributed by atoms with van der Waals surface area (Å²) in [6.45, 7) is 0. The molecule has 0 heterocycles. The van der Waals surface area contributed by atoms with Crippen LogP contribution in [-0.2, 0) is 0 Å². The van der Waals surface area contributed by atoms with E-state index >= 15 is 0 Å². The molecule has 108 valence electrons. The molecule has 0 heteroatoms. The Morgan fingerprint density at radius 1 is 0.632 bits per heavy atom. The first kappa shape index (κ1) is 14.9. The van der Waals surface area contributed by atoms with Crippen LogP contribution < -0.4 is 0 Å². The fourth-order valence-corrected chi connectivity index (χ4v) is 3.84. The van der Waals surface area contributed by atoms with Gasteiger partial charge in [0.1, 0.15) is 0 Å². The Morgan fingerprint density at radius 2 is 1.05 bits per heavy atom. The van der Waals surface area contributed by atoms with Crippen molar-refractivity contribution in [2.24, 2.45) is 11.8 Å². The third-order valence-electron chi connectivity index (χ3n) is 5.12. The van der Waals surface area contributed by atoms with E-state index in [0.29, 0.717) is 0 Å². The molecule has 0 aromatic carbocycles. The molecule has 0 N–H and O–H groups in total. The van der Waals surface area contributed by atoms with Gasteiger partial charge in [0.15, 0.2) is 0 Å². The first-order chi connectivity index (χ1) is 9.45. The third kappa shape index (κ3) is 6.48. The van der Waals surface area contributed by atoms with E-state index in [4.69, 9.17) is 0 Å². The normalized spacial score (nSPS) is 21.9. The Hall–Kier alpha value is -0.480. The van der Waals surface area contributed by atoms with Gasteiger partial charge in [0.25, 0.3) is 0 Å². The molecule has 2 aliphatic rings. The Balaban J connectivity index is 1.50. The van der Waals surface area contributed by atoms with E-state index in [2.05, 4.69) is 17.9 Å². The van der Waals surface area contributed by atoms with E-state index in [-0.39, 0.29) is 0 Å². The summed E-state index contributed by atoms with van der Waals surface area (Å²) >= 11 is 0. The van der Waals surface area contributed by atoms with Gasteiger partial charge in [0.05, 0.1) is 0 Å². The lowest BCUT2D eigenvalue weighted by Gasteiger charge is -2.20. The van der Waals surface area contributed by atoms with Gasteiger partial charge in [-0.1, -0.05) is 64.2 Å². The van der Waals surface area contributed by atoms with Crippen molar-refractivity contribution in [2.75, 3.05) is 0 Å². The molecule has 2 rings (SSSR count). The molecule has 0 bridgehead atoms. The fourth-order valence-electron chi connectivity index (χ4n) is 3.84. The number of hydrogen-bond donors (Lipinski definition) is 0. The van der Waals surface area contributed by atoms with Crippen LogP contribution in [0.25, 0.3) is 0 Å². The molecular formula is C19H32. The number of allylic oxidation sites excluding steroid dienone is 1. The summed E-state index contributed by atoms with van der Waals surface area (Å²) in [6, 6.07) is 0. The van der Waals surface area contributed by atoms with Gasteiger partial charge in [0, 0.05) is 0 Å². The highest BCUT2D eigenvalue weighted by atomic mass is 14.2. The highest BCUT2D eigenvalue weighted by Crippen LogP contribution is 2.28. The maximum atomic E-state index is 3.41. The van der Waals surface area contributed by atoms with Crippen molar-refractivity contribution in [3.63, 3.8) is 0 Å². The maximum absolute atomic E-state index is 3.41. The molecule has 0 amide bonds. The Bertz CT molecular complexity index is 244. The molecule has 0 aromatic heterocycles. The van der Waals surface area contributed by atoms with Gasteiger partial charge < -0.3 is 0 Å². The molecule has 0 aromatic rings. The van der Waals surface area contributed by atoms with Crippen molar-refractivity contribution in [1.82, 2.24) is 0 Å². The van der Waals surface area contributed by atoms with Crippen LogP contribution >= 0.6 is 0 Å². The summed E-state index contributed by atoms with van der Waals surface area (Å²) in [5.74, 6) is 2.04. The molecule has 0 nitrogen and oxygen atoms in total. The summed E-state index contributed by atoms with van der Waals surface area (Å²) < 4.78 is 0. The van der Waals surface area contributed by atoms with E-state index < -0.39 is 0 Å². The molecule has 2 aliphatic carbocycles. The second kappa shape index (κ2) is 9.43. The lowest BCUT2D eigenvalue weighted by molar-refractivity contribution is 0.340. The summed E-state index contributed by atoms with van der Waals surface area (Å²) in [6.07, 6.45) is 24.7. The zero-order valence-corrected chi connectivity index (χ0v) is 12.7. The average molecular weight is 260 g/mol. The van der Waals surface area contributed by atoms with Crippen LogP contribution in [0.1, 0.15) is 89.9 Å². The SMILES string of the molecule is C(=CCCC1CCCCC1)=CCCC1CCCCC1. The summed E-state index contributed by atoms with van der Waals surface area (Å²) in [5.41, 5.74) is 3.41. The van der Waals surface area contributed by atoms with Gasteiger partial charge in [-0.15, -0.1) is 5.73 Å². The molecule has 0 saturated heterocycles. The molecule has 2 saturated carbocycles. The van der Waals surface area contributed by atoms with E-state index in [1.165, 1.54) is 89.9 Å². The van der Waals surface area contributed by atoms with Crippen molar-refractivity contribution in [1.29, 1.82) is 0 Å². The molecular weight excluding hydrogens is 228 g/mol. The zero-order chi connectivity index (χ0) is 13.2. The van der Waals surface area contributed by atoms with Crippen LogP contribution in [0.4, 0.5) is 0 Å². The molecule has 0 atom stereocenters. The van der Waals surface area contributed by atoms with Crippen molar-refractivity contribution in [3.05, 3.63) is 17.9 Å². The molecule has 0 aliphatic heterocycles. The van der Waals surface area contributed by atoms with Crippen LogP contribution in [0, 0.1) is 11.8 Å². The number of rotatable bonds is 6. The zero-order valence-electron chi connectivity index (χ0n) is 12.7. The first-order valence-corrected chi connectivity index (χ1v) is 8.84. The molecule has 19 heavy (non-hydrogen) atoms. The molecule has 0 spiro atoms. The van der Waals surface area contributed by atoms with Gasteiger partial charge in [-0.3, -0.25) is 0 Å². The van der Waals surface area contributed by atoms with Crippen LogP contribution in [0.3, 0.4) is 0 Å². The van der Waals surface area contributed by atoms with E-state index in [0.717, 1.165) is 11.8 Å². The van der Waals surface area contributed by atoms with Gasteiger partial charge >= 0.3 is 0 Å². The topological polar surface area (TPSA) is 0 Å². The molecule has 2 fully saturated rings. The second-order valence-electron chi connectivity index (χ2n) is 6.74. The van der Waals surface area contributed by atoms with Crippen LogP contribution in [-0.4, -0.2) is 0 Å². The van der Waals surface area contributed by atoms with Crippen LogP contribution in [0.5, 0.6) is 0 Å². The monoisotopic (exact) mass is 260 g/mol. The van der Waals surface area contributed by atoms with Gasteiger partial charge in [-0.05, 0) is 49.7 Å². The van der Waals surface area contributed by atoms with Crippen molar-refractivity contribution in [2.45, 2.75) is 89.9 Å². The van der Waals surface area contributed by atoms with Gasteiger partial charge in [0.2, 0.25) is 0 Å². The van der Waals surface area contributed by atoms with Gasteiger partial charge in [-0.25, -0.2) is 0 Å². The first-order valence-electron chi connectivity index (χ1n) is 8.84. The largest absolute Gasteiger partial charge is 0.130 e. The Morgan fingerprint density at radius 3 is 1.47 bits per heavy atom. The predicted octanol–water partition coefficient (Wildman–Crippen LogP) is 6.42. The van der Waals surface area contributed by atoms with Crippen LogP contribution in [0.2, 0.25) is 0 Å². The van der Waals surface area contributed by atoms with Crippen molar-refractivity contribution in [3.8, 4) is 0 Å². The van der Waals surface area contributed by atoms with Crippen molar-refractivity contribution < 1.29 is 0 Å². The second-order valence-corrected chi connectivity index (χ2v) is 6.74. The van der Waals surface area contributed by atoms with Gasteiger partial charge in [-0.2, -0.15) is 0 Å².